The summed E-state index contributed by atoms with van der Waals surface area (Å²) in [6.45, 7) is 6.12. The van der Waals surface area contributed by atoms with Crippen molar-refractivity contribution < 1.29 is 14.9 Å². The molecule has 1 aromatic carbocycles. The van der Waals surface area contributed by atoms with E-state index < -0.39 is 5.41 Å². The van der Waals surface area contributed by atoms with Crippen LogP contribution in [-0.4, -0.2) is 23.4 Å². The first kappa shape index (κ1) is 17.0. The topological polar surface area (TPSA) is 75.7 Å². The Hall–Kier alpha value is -0.970. The zero-order chi connectivity index (χ0) is 13.1. The van der Waals surface area contributed by atoms with E-state index in [4.69, 9.17) is 10.5 Å². The van der Waals surface area contributed by atoms with Crippen molar-refractivity contribution in [2.75, 3.05) is 13.2 Å². The SMILES string of the molecule is CCOc1cc([C@@H](N)C(C)(C)CO)ccc1O.Cl. The van der Waals surface area contributed by atoms with Gasteiger partial charge < -0.3 is 20.7 Å². The van der Waals surface area contributed by atoms with Crippen LogP contribution in [0.5, 0.6) is 11.5 Å². The third-order valence-corrected chi connectivity index (χ3v) is 2.89. The van der Waals surface area contributed by atoms with Gasteiger partial charge in [-0.15, -0.1) is 12.4 Å². The summed E-state index contributed by atoms with van der Waals surface area (Å²) < 4.78 is 5.31. The van der Waals surface area contributed by atoms with Crippen molar-refractivity contribution in [2.24, 2.45) is 11.1 Å². The van der Waals surface area contributed by atoms with E-state index in [1.54, 1.807) is 18.2 Å². The van der Waals surface area contributed by atoms with Gasteiger partial charge in [-0.05, 0) is 24.6 Å². The van der Waals surface area contributed by atoms with E-state index in [1.165, 1.54) is 0 Å². The number of phenolic OH excluding ortho intramolecular Hbond substituents is 1. The number of aromatic hydroxyl groups is 1. The van der Waals surface area contributed by atoms with Crippen molar-refractivity contribution in [1.29, 1.82) is 0 Å². The molecule has 1 rings (SSSR count). The minimum atomic E-state index is -0.416. The largest absolute Gasteiger partial charge is 0.504 e. The molecule has 0 heterocycles. The lowest BCUT2D eigenvalue weighted by atomic mass is 9.82. The summed E-state index contributed by atoms with van der Waals surface area (Å²) in [7, 11) is 0. The van der Waals surface area contributed by atoms with E-state index in [-0.39, 0.29) is 30.8 Å². The highest BCUT2D eigenvalue weighted by Crippen LogP contribution is 2.35. The number of hydrogen-bond donors (Lipinski definition) is 3. The van der Waals surface area contributed by atoms with Crippen LogP contribution < -0.4 is 10.5 Å². The molecule has 0 amide bonds. The molecule has 0 saturated carbocycles. The molecule has 0 aliphatic rings. The highest BCUT2D eigenvalue weighted by molar-refractivity contribution is 5.85. The van der Waals surface area contributed by atoms with E-state index in [1.807, 2.05) is 20.8 Å². The van der Waals surface area contributed by atoms with Gasteiger partial charge in [0.05, 0.1) is 6.61 Å². The maximum atomic E-state index is 9.59. The zero-order valence-electron chi connectivity index (χ0n) is 11.0. The van der Waals surface area contributed by atoms with E-state index >= 15 is 0 Å². The van der Waals surface area contributed by atoms with E-state index in [2.05, 4.69) is 0 Å². The van der Waals surface area contributed by atoms with Gasteiger partial charge in [-0.1, -0.05) is 19.9 Å². The molecular weight excluding hydrogens is 254 g/mol. The Bertz CT molecular complexity index is 382. The molecule has 0 aliphatic carbocycles. The molecule has 0 saturated heterocycles. The first-order chi connectivity index (χ1) is 7.92. The number of ether oxygens (including phenoxy) is 1. The Balaban J connectivity index is 0.00000289. The second kappa shape index (κ2) is 6.83. The van der Waals surface area contributed by atoms with Crippen molar-refractivity contribution >= 4 is 12.4 Å². The minimum Gasteiger partial charge on any atom is -0.504 e. The van der Waals surface area contributed by atoms with Crippen LogP contribution in [0.25, 0.3) is 0 Å². The van der Waals surface area contributed by atoms with Crippen LogP contribution in [0.4, 0.5) is 0 Å². The smallest absolute Gasteiger partial charge is 0.161 e. The lowest BCUT2D eigenvalue weighted by Crippen LogP contribution is -2.32. The Morgan fingerprint density at radius 3 is 2.50 bits per heavy atom. The average molecular weight is 276 g/mol. The zero-order valence-corrected chi connectivity index (χ0v) is 11.8. The number of halogens is 1. The predicted octanol–water partition coefficient (Wildman–Crippen LogP) is 2.23. The van der Waals surface area contributed by atoms with Gasteiger partial charge in [0.2, 0.25) is 0 Å². The van der Waals surface area contributed by atoms with Crippen LogP contribution in [0.3, 0.4) is 0 Å². The molecule has 4 N–H and O–H groups in total. The predicted molar refractivity (Wildman–Crippen MR) is 74.3 cm³/mol. The van der Waals surface area contributed by atoms with E-state index in [0.717, 1.165) is 5.56 Å². The number of phenols is 1. The van der Waals surface area contributed by atoms with Crippen LogP contribution in [0, 0.1) is 5.41 Å². The summed E-state index contributed by atoms with van der Waals surface area (Å²) in [4.78, 5) is 0. The van der Waals surface area contributed by atoms with Gasteiger partial charge in [0, 0.05) is 18.1 Å². The Kier molecular flexibility index (Phi) is 6.46. The van der Waals surface area contributed by atoms with Gasteiger partial charge >= 0.3 is 0 Å². The summed E-state index contributed by atoms with van der Waals surface area (Å²) in [5, 5.41) is 18.9. The summed E-state index contributed by atoms with van der Waals surface area (Å²) in [5.74, 6) is 0.527. The van der Waals surface area contributed by atoms with Gasteiger partial charge in [0.15, 0.2) is 11.5 Å². The van der Waals surface area contributed by atoms with Crippen LogP contribution >= 0.6 is 12.4 Å². The van der Waals surface area contributed by atoms with Gasteiger partial charge in [-0.25, -0.2) is 0 Å². The fourth-order valence-electron chi connectivity index (χ4n) is 1.54. The van der Waals surface area contributed by atoms with E-state index in [0.29, 0.717) is 12.4 Å². The number of benzene rings is 1. The number of aliphatic hydroxyl groups excluding tert-OH is 1. The molecule has 0 bridgehead atoms. The maximum absolute atomic E-state index is 9.59. The molecule has 1 aromatic rings. The molecule has 104 valence electrons. The first-order valence-corrected chi connectivity index (χ1v) is 5.74. The molecule has 1 atom stereocenters. The molecule has 0 unspecified atom stereocenters. The molecule has 4 nitrogen and oxygen atoms in total. The normalized spacial score (nSPS) is 12.7. The van der Waals surface area contributed by atoms with Crippen molar-refractivity contribution in [2.45, 2.75) is 26.8 Å². The molecule has 0 aromatic heterocycles. The molecule has 5 heteroatoms. The van der Waals surface area contributed by atoms with Crippen molar-refractivity contribution in [3.63, 3.8) is 0 Å². The van der Waals surface area contributed by atoms with Crippen molar-refractivity contribution in [3.05, 3.63) is 23.8 Å². The lowest BCUT2D eigenvalue weighted by Gasteiger charge is -2.30. The third kappa shape index (κ3) is 3.77. The average Bonchev–Trinajstić information content (AvgIpc) is 2.31. The monoisotopic (exact) mass is 275 g/mol. The molecule has 0 aliphatic heterocycles. The van der Waals surface area contributed by atoms with Gasteiger partial charge in [0.25, 0.3) is 0 Å². The quantitative estimate of drug-likeness (QED) is 0.770. The van der Waals surface area contributed by atoms with Gasteiger partial charge in [-0.3, -0.25) is 0 Å². The lowest BCUT2D eigenvalue weighted by molar-refractivity contribution is 0.132. The Morgan fingerprint density at radius 2 is 2.00 bits per heavy atom. The summed E-state index contributed by atoms with van der Waals surface area (Å²) >= 11 is 0. The highest BCUT2D eigenvalue weighted by atomic mass is 35.5. The minimum absolute atomic E-state index is 0. The fourth-order valence-corrected chi connectivity index (χ4v) is 1.54. The first-order valence-electron chi connectivity index (χ1n) is 5.74. The Morgan fingerprint density at radius 1 is 1.39 bits per heavy atom. The number of nitrogens with two attached hydrogens (primary N) is 1. The van der Waals surface area contributed by atoms with Gasteiger partial charge in [-0.2, -0.15) is 0 Å². The van der Waals surface area contributed by atoms with Crippen LogP contribution in [0.1, 0.15) is 32.4 Å². The van der Waals surface area contributed by atoms with Gasteiger partial charge in [0.1, 0.15) is 0 Å². The summed E-state index contributed by atoms with van der Waals surface area (Å²) in [5.41, 5.74) is 6.52. The highest BCUT2D eigenvalue weighted by Gasteiger charge is 2.27. The fraction of sp³-hybridized carbons (Fsp3) is 0.538. The van der Waals surface area contributed by atoms with Crippen LogP contribution in [0.15, 0.2) is 18.2 Å². The van der Waals surface area contributed by atoms with Crippen LogP contribution in [0.2, 0.25) is 0 Å². The standard InChI is InChI=1S/C13H21NO3.ClH/c1-4-17-11-7-9(5-6-10(11)16)12(14)13(2,3)8-15;/h5-7,12,15-16H,4,8,14H2,1-3H3;1H/t12-;/m1./s1. The summed E-state index contributed by atoms with van der Waals surface area (Å²) in [6.07, 6.45) is 0. The van der Waals surface area contributed by atoms with Crippen LogP contribution in [-0.2, 0) is 0 Å². The Labute approximate surface area is 114 Å². The second-order valence-corrected chi connectivity index (χ2v) is 4.78. The molecule has 18 heavy (non-hydrogen) atoms. The third-order valence-electron chi connectivity index (χ3n) is 2.89. The molecular formula is C13H22ClNO3. The number of hydrogen-bond acceptors (Lipinski definition) is 4. The molecule has 0 fully saturated rings. The van der Waals surface area contributed by atoms with E-state index in [9.17, 15) is 10.2 Å². The number of rotatable bonds is 5. The molecule has 0 spiro atoms. The maximum Gasteiger partial charge on any atom is 0.161 e. The van der Waals surface area contributed by atoms with Crippen molar-refractivity contribution in [1.82, 2.24) is 0 Å². The van der Waals surface area contributed by atoms with Crippen molar-refractivity contribution in [3.8, 4) is 11.5 Å². The molecule has 0 radical (unpaired) electrons. The number of aliphatic hydroxyl groups is 1. The summed E-state index contributed by atoms with van der Waals surface area (Å²) in [6, 6.07) is 4.72. The second-order valence-electron chi connectivity index (χ2n) is 4.78.